The fourth-order valence-electron chi connectivity index (χ4n) is 1.76. The van der Waals surface area contributed by atoms with E-state index in [2.05, 4.69) is 10.3 Å². The van der Waals surface area contributed by atoms with Crippen LogP contribution in [0.25, 0.3) is 11.3 Å². The van der Waals surface area contributed by atoms with Gasteiger partial charge in [-0.05, 0) is 29.7 Å². The molecule has 1 amide bonds. The van der Waals surface area contributed by atoms with Gasteiger partial charge in [-0.2, -0.15) is 0 Å². The van der Waals surface area contributed by atoms with Crippen LogP contribution in [0.2, 0.25) is 0 Å². The first-order valence-corrected chi connectivity index (χ1v) is 6.23. The van der Waals surface area contributed by atoms with E-state index in [-0.39, 0.29) is 11.3 Å². The number of aromatic nitrogens is 1. The molecule has 0 aliphatic rings. The van der Waals surface area contributed by atoms with Crippen molar-refractivity contribution in [3.05, 3.63) is 36.9 Å². The van der Waals surface area contributed by atoms with Crippen LogP contribution in [0, 0.1) is 5.41 Å². The predicted octanol–water partition coefficient (Wildman–Crippen LogP) is 3.72. The van der Waals surface area contributed by atoms with Crippen LogP contribution in [0.1, 0.15) is 27.2 Å². The number of rotatable bonds is 3. The highest BCUT2D eigenvalue weighted by atomic mass is 16.3. The molecule has 4 nitrogen and oxygen atoms in total. The molecule has 1 N–H and O–H groups in total. The number of amides is 1. The molecule has 2 rings (SSSR count). The van der Waals surface area contributed by atoms with E-state index in [0.29, 0.717) is 12.2 Å². The summed E-state index contributed by atoms with van der Waals surface area (Å²) in [5.74, 6) is 0.743. The van der Waals surface area contributed by atoms with Gasteiger partial charge in [0.15, 0.2) is 12.2 Å². The second-order valence-corrected chi connectivity index (χ2v) is 5.73. The second-order valence-electron chi connectivity index (χ2n) is 5.73. The molecule has 0 bridgehead atoms. The molecule has 0 saturated heterocycles. The minimum atomic E-state index is -0.0101. The normalized spacial score (nSPS) is 11.3. The Hall–Kier alpha value is -2.10. The van der Waals surface area contributed by atoms with Gasteiger partial charge in [0.25, 0.3) is 0 Å². The van der Waals surface area contributed by atoms with Crippen LogP contribution in [0.3, 0.4) is 0 Å². The van der Waals surface area contributed by atoms with E-state index in [9.17, 15) is 4.79 Å². The van der Waals surface area contributed by atoms with E-state index >= 15 is 0 Å². The monoisotopic (exact) mass is 258 g/mol. The summed E-state index contributed by atoms with van der Waals surface area (Å²) in [6.07, 6.45) is 3.55. The van der Waals surface area contributed by atoms with Crippen LogP contribution < -0.4 is 5.32 Å². The molecule has 1 aromatic carbocycles. The average Bonchev–Trinajstić information content (AvgIpc) is 2.80. The molecule has 0 radical (unpaired) electrons. The summed E-state index contributed by atoms with van der Waals surface area (Å²) in [4.78, 5) is 15.7. The Labute approximate surface area is 112 Å². The topological polar surface area (TPSA) is 55.1 Å². The number of hydrogen-bond acceptors (Lipinski definition) is 3. The second kappa shape index (κ2) is 5.26. The lowest BCUT2D eigenvalue weighted by Crippen LogP contribution is -2.19. The number of oxazole rings is 1. The highest BCUT2D eigenvalue weighted by Gasteiger charge is 2.15. The first-order valence-electron chi connectivity index (χ1n) is 6.23. The lowest BCUT2D eigenvalue weighted by Gasteiger charge is -2.17. The maximum absolute atomic E-state index is 11.8. The minimum absolute atomic E-state index is 0.0101. The van der Waals surface area contributed by atoms with Crippen molar-refractivity contribution < 1.29 is 9.21 Å². The summed E-state index contributed by atoms with van der Waals surface area (Å²) in [6.45, 7) is 6.12. The van der Waals surface area contributed by atoms with Crippen LogP contribution in [0.5, 0.6) is 0 Å². The smallest absolute Gasteiger partial charge is 0.224 e. The SMILES string of the molecule is CC(C)(C)CC(=O)Nc1ccc(-c2cnco2)cc1. The maximum atomic E-state index is 11.8. The van der Waals surface area contributed by atoms with Crippen molar-refractivity contribution in [1.82, 2.24) is 4.98 Å². The highest BCUT2D eigenvalue weighted by molar-refractivity contribution is 5.91. The Bertz CT molecular complexity index is 537. The fourth-order valence-corrected chi connectivity index (χ4v) is 1.76. The Kier molecular flexibility index (Phi) is 3.69. The van der Waals surface area contributed by atoms with E-state index in [1.165, 1.54) is 6.39 Å². The molecule has 1 heterocycles. The van der Waals surface area contributed by atoms with Crippen LogP contribution in [0.15, 0.2) is 41.3 Å². The van der Waals surface area contributed by atoms with E-state index in [1.807, 2.05) is 45.0 Å². The number of benzene rings is 1. The van der Waals surface area contributed by atoms with Crippen LogP contribution in [-0.4, -0.2) is 10.9 Å². The van der Waals surface area contributed by atoms with Crippen molar-refractivity contribution >= 4 is 11.6 Å². The third kappa shape index (κ3) is 3.95. The number of carbonyl (C=O) groups excluding carboxylic acids is 1. The van der Waals surface area contributed by atoms with Crippen molar-refractivity contribution in [3.8, 4) is 11.3 Å². The molecule has 4 heteroatoms. The van der Waals surface area contributed by atoms with Crippen molar-refractivity contribution in [3.63, 3.8) is 0 Å². The number of hydrogen-bond donors (Lipinski definition) is 1. The van der Waals surface area contributed by atoms with E-state index in [0.717, 1.165) is 11.3 Å². The van der Waals surface area contributed by atoms with Crippen LogP contribution in [-0.2, 0) is 4.79 Å². The van der Waals surface area contributed by atoms with Crippen molar-refractivity contribution in [1.29, 1.82) is 0 Å². The van der Waals surface area contributed by atoms with Gasteiger partial charge in [-0.3, -0.25) is 4.79 Å². The van der Waals surface area contributed by atoms with Gasteiger partial charge in [0.05, 0.1) is 6.20 Å². The van der Waals surface area contributed by atoms with E-state index < -0.39 is 0 Å². The summed E-state index contributed by atoms with van der Waals surface area (Å²) in [6, 6.07) is 7.51. The fraction of sp³-hybridized carbons (Fsp3) is 0.333. The molecule has 19 heavy (non-hydrogen) atoms. The third-order valence-corrected chi connectivity index (χ3v) is 2.58. The number of nitrogens with one attached hydrogen (secondary N) is 1. The van der Waals surface area contributed by atoms with Gasteiger partial charge in [-0.25, -0.2) is 4.98 Å². The first kappa shape index (κ1) is 13.3. The van der Waals surface area contributed by atoms with Gasteiger partial charge >= 0.3 is 0 Å². The molecule has 0 unspecified atom stereocenters. The van der Waals surface area contributed by atoms with Crippen LogP contribution in [0.4, 0.5) is 5.69 Å². The van der Waals surface area contributed by atoms with Crippen molar-refractivity contribution in [2.24, 2.45) is 5.41 Å². The van der Waals surface area contributed by atoms with E-state index in [1.54, 1.807) is 6.20 Å². The third-order valence-electron chi connectivity index (χ3n) is 2.58. The molecule has 0 aliphatic carbocycles. The van der Waals surface area contributed by atoms with Gasteiger partial charge in [0.2, 0.25) is 5.91 Å². The molecule has 0 atom stereocenters. The molecule has 0 saturated carbocycles. The zero-order chi connectivity index (χ0) is 13.9. The zero-order valence-corrected chi connectivity index (χ0v) is 11.4. The molecule has 0 aliphatic heterocycles. The Morgan fingerprint density at radius 3 is 2.47 bits per heavy atom. The van der Waals surface area contributed by atoms with Gasteiger partial charge < -0.3 is 9.73 Å². The molecular weight excluding hydrogens is 240 g/mol. The quantitative estimate of drug-likeness (QED) is 0.912. The summed E-state index contributed by atoms with van der Waals surface area (Å²) in [7, 11) is 0. The van der Waals surface area contributed by atoms with Gasteiger partial charge in [-0.1, -0.05) is 20.8 Å². The summed E-state index contributed by atoms with van der Waals surface area (Å²) < 4.78 is 5.21. The average molecular weight is 258 g/mol. The molecule has 2 aromatic rings. The first-order chi connectivity index (χ1) is 8.94. The number of carbonyl (C=O) groups is 1. The predicted molar refractivity (Wildman–Crippen MR) is 74.6 cm³/mol. The largest absolute Gasteiger partial charge is 0.444 e. The molecule has 1 aromatic heterocycles. The summed E-state index contributed by atoms with van der Waals surface area (Å²) in [5, 5.41) is 2.89. The highest BCUT2D eigenvalue weighted by Crippen LogP contribution is 2.22. The Morgan fingerprint density at radius 1 is 1.26 bits per heavy atom. The standard InChI is InChI=1S/C15H18N2O2/c1-15(2,3)8-14(18)17-12-6-4-11(5-7-12)13-9-16-10-19-13/h4-7,9-10H,8H2,1-3H3,(H,17,18). The molecule has 0 spiro atoms. The molecule has 100 valence electrons. The maximum Gasteiger partial charge on any atom is 0.224 e. The Morgan fingerprint density at radius 2 is 1.95 bits per heavy atom. The van der Waals surface area contributed by atoms with Crippen molar-refractivity contribution in [2.45, 2.75) is 27.2 Å². The molecular formula is C15H18N2O2. The van der Waals surface area contributed by atoms with Gasteiger partial charge in [0, 0.05) is 17.7 Å². The van der Waals surface area contributed by atoms with E-state index in [4.69, 9.17) is 4.42 Å². The van der Waals surface area contributed by atoms with Gasteiger partial charge in [-0.15, -0.1) is 0 Å². The van der Waals surface area contributed by atoms with Crippen molar-refractivity contribution in [2.75, 3.05) is 5.32 Å². The lowest BCUT2D eigenvalue weighted by atomic mass is 9.92. The zero-order valence-electron chi connectivity index (χ0n) is 11.4. The number of nitrogens with zero attached hydrogens (tertiary/aromatic N) is 1. The Balaban J connectivity index is 2.01. The molecule has 0 fully saturated rings. The van der Waals surface area contributed by atoms with Gasteiger partial charge in [0.1, 0.15) is 0 Å². The summed E-state index contributed by atoms with van der Waals surface area (Å²) >= 11 is 0. The van der Waals surface area contributed by atoms with Crippen LogP contribution >= 0.6 is 0 Å². The number of anilines is 1. The minimum Gasteiger partial charge on any atom is -0.444 e. The summed E-state index contributed by atoms with van der Waals surface area (Å²) in [5.41, 5.74) is 1.72. The lowest BCUT2D eigenvalue weighted by molar-refractivity contribution is -0.117.